The molecule has 2 aromatic rings. The lowest BCUT2D eigenvalue weighted by Crippen LogP contribution is -2.60. The molecule has 3 heterocycles. The monoisotopic (exact) mass is 383 g/mol. The van der Waals surface area contributed by atoms with Crippen LogP contribution in [0.2, 0.25) is 0 Å². The van der Waals surface area contributed by atoms with E-state index in [9.17, 15) is 10.3 Å². The summed E-state index contributed by atoms with van der Waals surface area (Å²) in [5.41, 5.74) is 2.92. The zero-order valence-corrected chi connectivity index (χ0v) is 15.7. The summed E-state index contributed by atoms with van der Waals surface area (Å²) in [6.45, 7) is 2.58. The summed E-state index contributed by atoms with van der Waals surface area (Å²) < 4.78 is 21.7. The van der Waals surface area contributed by atoms with Crippen molar-refractivity contribution in [2.75, 3.05) is 20.6 Å². The lowest BCUT2D eigenvalue weighted by molar-refractivity contribution is -0.915. The van der Waals surface area contributed by atoms with Crippen molar-refractivity contribution in [1.29, 1.82) is 0 Å². The standard InChI is InChI=1S/C21H21NO6/c1-21-14-3-4-15-19(28-10-25-15)13(14)8-22(2,24)20(21)12-7-17-16(26-9-27-17)5-11(12)6-18(21)23/h3-5,7,18,20,23H,6,8-10H2,1-2H3/t18-,20-,21-,22+/m0/s1. The topological polar surface area (TPSA) is 80.2 Å². The molecule has 0 amide bonds. The second-order valence-electron chi connectivity index (χ2n) is 8.47. The fourth-order valence-corrected chi connectivity index (χ4v) is 5.64. The van der Waals surface area contributed by atoms with Crippen molar-refractivity contribution in [1.82, 2.24) is 0 Å². The minimum absolute atomic E-state index is 0.156. The molecular weight excluding hydrogens is 362 g/mol. The van der Waals surface area contributed by atoms with Gasteiger partial charge in [0, 0.05) is 12.0 Å². The number of hydrogen-bond acceptors (Lipinski definition) is 6. The molecule has 4 atom stereocenters. The molecule has 7 heteroatoms. The lowest BCUT2D eigenvalue weighted by atomic mass is 9.60. The maximum Gasteiger partial charge on any atom is 0.231 e. The fourth-order valence-electron chi connectivity index (χ4n) is 5.64. The zero-order valence-electron chi connectivity index (χ0n) is 15.7. The number of nitrogens with zero attached hydrogens (tertiary/aromatic N) is 1. The number of fused-ring (bicyclic) bond motifs is 8. The first-order valence-corrected chi connectivity index (χ1v) is 9.48. The van der Waals surface area contributed by atoms with Gasteiger partial charge in [0.1, 0.15) is 12.6 Å². The lowest BCUT2D eigenvalue weighted by Gasteiger charge is -2.60. The van der Waals surface area contributed by atoms with Gasteiger partial charge in [0.05, 0.1) is 24.1 Å². The van der Waals surface area contributed by atoms with Crippen molar-refractivity contribution in [3.8, 4) is 23.0 Å². The molecule has 0 bridgehead atoms. The minimum atomic E-state index is -0.758. The van der Waals surface area contributed by atoms with Gasteiger partial charge in [-0.3, -0.25) is 0 Å². The molecule has 0 saturated carbocycles. The van der Waals surface area contributed by atoms with Gasteiger partial charge in [0.15, 0.2) is 23.0 Å². The Morgan fingerprint density at radius 1 is 1.07 bits per heavy atom. The fraction of sp³-hybridized carbons (Fsp3) is 0.429. The third kappa shape index (κ3) is 1.89. The van der Waals surface area contributed by atoms with Crippen LogP contribution in [0.15, 0.2) is 24.3 Å². The number of rotatable bonds is 0. The molecule has 0 saturated heterocycles. The Bertz CT molecular complexity index is 1020. The van der Waals surface area contributed by atoms with Gasteiger partial charge in [-0.25, -0.2) is 0 Å². The van der Waals surface area contributed by atoms with E-state index < -0.39 is 22.2 Å². The van der Waals surface area contributed by atoms with Gasteiger partial charge in [-0.1, -0.05) is 6.07 Å². The van der Waals surface area contributed by atoms with Crippen LogP contribution in [-0.2, 0) is 18.4 Å². The van der Waals surface area contributed by atoms with E-state index in [0.717, 1.165) is 22.3 Å². The van der Waals surface area contributed by atoms with Crippen molar-refractivity contribution >= 4 is 0 Å². The highest BCUT2D eigenvalue weighted by atomic mass is 16.7. The summed E-state index contributed by atoms with van der Waals surface area (Å²) in [4.78, 5) is 0. The Labute approximate surface area is 162 Å². The number of benzene rings is 2. The Morgan fingerprint density at radius 3 is 2.61 bits per heavy atom. The van der Waals surface area contributed by atoms with Gasteiger partial charge in [-0.2, -0.15) is 0 Å². The van der Waals surface area contributed by atoms with E-state index in [4.69, 9.17) is 18.9 Å². The van der Waals surface area contributed by atoms with Crippen LogP contribution in [-0.4, -0.2) is 36.5 Å². The van der Waals surface area contributed by atoms with E-state index in [-0.39, 0.29) is 20.1 Å². The average molecular weight is 383 g/mol. The first-order chi connectivity index (χ1) is 13.4. The summed E-state index contributed by atoms with van der Waals surface area (Å²) in [7, 11) is 1.67. The predicted molar refractivity (Wildman–Crippen MR) is 98.2 cm³/mol. The van der Waals surface area contributed by atoms with Crippen molar-refractivity contribution in [3.05, 3.63) is 51.7 Å². The molecule has 0 fully saturated rings. The van der Waals surface area contributed by atoms with Gasteiger partial charge in [-0.05, 0) is 36.2 Å². The van der Waals surface area contributed by atoms with Crippen LogP contribution < -0.4 is 18.9 Å². The smallest absolute Gasteiger partial charge is 0.231 e. The Morgan fingerprint density at radius 2 is 1.79 bits per heavy atom. The summed E-state index contributed by atoms with van der Waals surface area (Å²) in [6.07, 6.45) is -0.261. The molecule has 4 aliphatic rings. The number of ether oxygens (including phenoxy) is 4. The molecule has 3 aliphatic heterocycles. The van der Waals surface area contributed by atoms with Crippen LogP contribution in [0.5, 0.6) is 23.0 Å². The van der Waals surface area contributed by atoms with E-state index in [1.54, 1.807) is 7.05 Å². The van der Waals surface area contributed by atoms with Gasteiger partial charge in [0.2, 0.25) is 13.6 Å². The molecule has 1 aliphatic carbocycles. The molecule has 146 valence electrons. The maximum atomic E-state index is 13.9. The van der Waals surface area contributed by atoms with E-state index in [2.05, 4.69) is 0 Å². The van der Waals surface area contributed by atoms with Crippen molar-refractivity contribution in [2.24, 2.45) is 0 Å². The van der Waals surface area contributed by atoms with Gasteiger partial charge in [-0.15, -0.1) is 0 Å². The Hall–Kier alpha value is -2.48. The highest BCUT2D eigenvalue weighted by Gasteiger charge is 2.58. The third-order valence-corrected chi connectivity index (χ3v) is 6.84. The van der Waals surface area contributed by atoms with Crippen LogP contribution in [0.1, 0.15) is 35.2 Å². The second kappa shape index (κ2) is 5.11. The van der Waals surface area contributed by atoms with Crippen molar-refractivity contribution in [3.63, 3.8) is 0 Å². The highest BCUT2D eigenvalue weighted by molar-refractivity contribution is 5.59. The van der Waals surface area contributed by atoms with E-state index >= 15 is 0 Å². The molecule has 1 N–H and O–H groups in total. The predicted octanol–water partition coefficient (Wildman–Crippen LogP) is 2.52. The van der Waals surface area contributed by atoms with Crippen LogP contribution in [0.3, 0.4) is 0 Å². The minimum Gasteiger partial charge on any atom is -0.632 e. The van der Waals surface area contributed by atoms with E-state index in [1.165, 1.54) is 0 Å². The number of hydrogen-bond donors (Lipinski definition) is 1. The molecule has 28 heavy (non-hydrogen) atoms. The summed E-state index contributed by atoms with van der Waals surface area (Å²) in [5, 5.41) is 25.2. The van der Waals surface area contributed by atoms with Gasteiger partial charge < -0.3 is 33.9 Å². The molecule has 7 nitrogen and oxygen atoms in total. The second-order valence-corrected chi connectivity index (χ2v) is 8.47. The number of aliphatic hydroxyl groups is 1. The molecular formula is C21H21NO6. The number of aliphatic hydroxyl groups excluding tert-OH is 1. The molecule has 6 rings (SSSR count). The average Bonchev–Trinajstić information content (AvgIpc) is 3.28. The summed E-state index contributed by atoms with van der Waals surface area (Å²) in [5.74, 6) is 2.64. The van der Waals surface area contributed by atoms with Crippen LogP contribution in [0.4, 0.5) is 0 Å². The van der Waals surface area contributed by atoms with Crippen LogP contribution in [0, 0.1) is 5.21 Å². The number of hydroxylamine groups is 3. The quantitative estimate of drug-likeness (QED) is 0.556. The largest absolute Gasteiger partial charge is 0.632 e. The maximum absolute atomic E-state index is 13.9. The van der Waals surface area contributed by atoms with Crippen LogP contribution in [0.25, 0.3) is 0 Å². The highest BCUT2D eigenvalue weighted by Crippen LogP contribution is 2.59. The molecule has 0 radical (unpaired) electrons. The SMILES string of the molecule is C[C@@]12c3ccc4c(c3C[N@@+](C)([O-])[C@H]1c1cc3c(cc1C[C@@H]2O)OCO3)OCO4. The molecule has 0 aromatic heterocycles. The molecule has 0 spiro atoms. The van der Waals surface area contributed by atoms with Crippen LogP contribution >= 0.6 is 0 Å². The number of quaternary nitrogens is 1. The third-order valence-electron chi connectivity index (χ3n) is 6.84. The normalized spacial score (nSPS) is 33.9. The first-order valence-electron chi connectivity index (χ1n) is 9.48. The number of likely N-dealkylation sites (N-methyl/N-ethyl adjacent to an activating group) is 1. The van der Waals surface area contributed by atoms with E-state index in [0.29, 0.717) is 29.4 Å². The molecule has 0 unspecified atom stereocenters. The van der Waals surface area contributed by atoms with Gasteiger partial charge in [0.25, 0.3) is 0 Å². The Kier molecular flexibility index (Phi) is 3.01. The Balaban J connectivity index is 1.61. The first kappa shape index (κ1) is 16.5. The summed E-state index contributed by atoms with van der Waals surface area (Å²) >= 11 is 0. The van der Waals surface area contributed by atoms with Crippen molar-refractivity contribution in [2.45, 2.75) is 37.5 Å². The summed E-state index contributed by atoms with van der Waals surface area (Å²) in [6, 6.07) is 7.24. The van der Waals surface area contributed by atoms with Crippen molar-refractivity contribution < 1.29 is 28.7 Å². The zero-order chi connectivity index (χ0) is 19.3. The molecule has 2 aromatic carbocycles. The van der Waals surface area contributed by atoms with Gasteiger partial charge >= 0.3 is 0 Å². The van der Waals surface area contributed by atoms with E-state index in [1.807, 2.05) is 31.2 Å².